The van der Waals surface area contributed by atoms with Crippen LogP contribution in [0.25, 0.3) is 10.9 Å². The van der Waals surface area contributed by atoms with Crippen LogP contribution in [-0.4, -0.2) is 34.7 Å². The number of benzene rings is 2. The number of aromatic amines is 1. The zero-order chi connectivity index (χ0) is 20.4. The lowest BCUT2D eigenvalue weighted by Crippen LogP contribution is -2.31. The Labute approximate surface area is 181 Å². The SMILES string of the molecule is O=C(NC[C@H]1CCCO1)c1ccc2c(=O)n(Cc3cccc(Br)c3)c(=S)[nH]c2c1. The maximum Gasteiger partial charge on any atom is 0.262 e. The molecule has 150 valence electrons. The van der Waals surface area contributed by atoms with Gasteiger partial charge in [-0.15, -0.1) is 0 Å². The molecular formula is C21H20BrN3O3S. The topological polar surface area (TPSA) is 76.1 Å². The average Bonchev–Trinajstić information content (AvgIpc) is 3.22. The van der Waals surface area contributed by atoms with Gasteiger partial charge in [-0.05, 0) is 61.0 Å². The second-order valence-corrected chi connectivity index (χ2v) is 8.36. The Morgan fingerprint density at radius 3 is 2.93 bits per heavy atom. The van der Waals surface area contributed by atoms with Crippen LogP contribution in [0.15, 0.2) is 51.7 Å². The van der Waals surface area contributed by atoms with Crippen molar-refractivity contribution in [3.63, 3.8) is 0 Å². The minimum absolute atomic E-state index is 0.0791. The Kier molecular flexibility index (Phi) is 5.94. The first-order chi connectivity index (χ1) is 14.0. The summed E-state index contributed by atoms with van der Waals surface area (Å²) in [6.07, 6.45) is 2.07. The molecule has 1 fully saturated rings. The Morgan fingerprint density at radius 1 is 1.31 bits per heavy atom. The number of carbonyl (C=O) groups excluding carboxylic acids is 1. The van der Waals surface area contributed by atoms with Gasteiger partial charge < -0.3 is 15.0 Å². The van der Waals surface area contributed by atoms with Crippen LogP contribution in [0, 0.1) is 4.77 Å². The van der Waals surface area contributed by atoms with E-state index in [-0.39, 0.29) is 17.6 Å². The Morgan fingerprint density at radius 2 is 2.17 bits per heavy atom. The van der Waals surface area contributed by atoms with Gasteiger partial charge in [0.15, 0.2) is 4.77 Å². The lowest BCUT2D eigenvalue weighted by Gasteiger charge is -2.12. The molecule has 29 heavy (non-hydrogen) atoms. The highest BCUT2D eigenvalue weighted by molar-refractivity contribution is 9.10. The predicted molar refractivity (Wildman–Crippen MR) is 118 cm³/mol. The summed E-state index contributed by atoms with van der Waals surface area (Å²) < 4.78 is 8.31. The Hall–Kier alpha value is -2.29. The Bertz CT molecular complexity index is 1180. The van der Waals surface area contributed by atoms with Crippen molar-refractivity contribution in [1.29, 1.82) is 0 Å². The molecule has 1 aliphatic rings. The second kappa shape index (κ2) is 8.61. The van der Waals surface area contributed by atoms with E-state index in [1.54, 1.807) is 18.2 Å². The van der Waals surface area contributed by atoms with Gasteiger partial charge in [0.2, 0.25) is 0 Å². The van der Waals surface area contributed by atoms with Crippen molar-refractivity contribution in [2.45, 2.75) is 25.5 Å². The summed E-state index contributed by atoms with van der Waals surface area (Å²) in [6.45, 7) is 1.60. The predicted octanol–water partition coefficient (Wildman–Crippen LogP) is 3.78. The third kappa shape index (κ3) is 4.49. The zero-order valence-electron chi connectivity index (χ0n) is 15.6. The molecular weight excluding hydrogens is 454 g/mol. The van der Waals surface area contributed by atoms with Crippen molar-refractivity contribution < 1.29 is 9.53 Å². The highest BCUT2D eigenvalue weighted by atomic mass is 79.9. The normalized spacial score (nSPS) is 16.2. The van der Waals surface area contributed by atoms with Crippen LogP contribution >= 0.6 is 28.1 Å². The van der Waals surface area contributed by atoms with Gasteiger partial charge in [0.25, 0.3) is 11.5 Å². The standard InChI is InChI=1S/C21H20BrN3O3S/c22-15-4-1-3-13(9-15)12-25-20(27)17-7-6-14(10-18(17)24-21(25)29)19(26)23-11-16-5-2-8-28-16/h1,3-4,6-7,9-10,16H,2,5,8,11-12H2,(H,23,26)(H,24,29)/t16-/m1/s1. The number of fused-ring (bicyclic) bond motifs is 1. The number of nitrogens with zero attached hydrogens (tertiary/aromatic N) is 1. The lowest BCUT2D eigenvalue weighted by molar-refractivity contribution is 0.0858. The van der Waals surface area contributed by atoms with Gasteiger partial charge in [0.05, 0.1) is 23.6 Å². The van der Waals surface area contributed by atoms with Crippen LogP contribution in [0.1, 0.15) is 28.8 Å². The number of hydrogen-bond donors (Lipinski definition) is 2. The van der Waals surface area contributed by atoms with Crippen molar-refractivity contribution in [3.05, 3.63) is 73.2 Å². The van der Waals surface area contributed by atoms with Gasteiger partial charge in [-0.25, -0.2) is 0 Å². The second-order valence-electron chi connectivity index (χ2n) is 7.06. The monoisotopic (exact) mass is 473 g/mol. The number of aromatic nitrogens is 2. The summed E-state index contributed by atoms with van der Waals surface area (Å²) in [7, 11) is 0. The molecule has 0 radical (unpaired) electrons. The molecule has 2 heterocycles. The van der Waals surface area contributed by atoms with Crippen molar-refractivity contribution in [2.24, 2.45) is 0 Å². The molecule has 1 saturated heterocycles. The molecule has 0 aliphatic carbocycles. The van der Waals surface area contributed by atoms with Crippen LogP contribution in [0.5, 0.6) is 0 Å². The van der Waals surface area contributed by atoms with Crippen LogP contribution in [0.4, 0.5) is 0 Å². The minimum atomic E-state index is -0.194. The first-order valence-electron chi connectivity index (χ1n) is 9.42. The fraction of sp³-hybridized carbons (Fsp3) is 0.286. The van der Waals surface area contributed by atoms with Crippen LogP contribution in [0.3, 0.4) is 0 Å². The molecule has 0 spiro atoms. The van der Waals surface area contributed by atoms with Crippen LogP contribution in [-0.2, 0) is 11.3 Å². The number of amides is 1. The maximum absolute atomic E-state index is 13.0. The van der Waals surface area contributed by atoms with Crippen molar-refractivity contribution in [2.75, 3.05) is 13.2 Å². The maximum atomic E-state index is 13.0. The third-order valence-corrected chi connectivity index (χ3v) is 5.80. The average molecular weight is 474 g/mol. The number of rotatable bonds is 5. The molecule has 0 saturated carbocycles. The molecule has 4 rings (SSSR count). The molecule has 6 nitrogen and oxygen atoms in total. The van der Waals surface area contributed by atoms with Crippen molar-refractivity contribution >= 4 is 45.0 Å². The number of hydrogen-bond acceptors (Lipinski definition) is 4. The molecule has 2 N–H and O–H groups in total. The molecule has 8 heteroatoms. The van der Waals surface area contributed by atoms with Gasteiger partial charge in [-0.1, -0.05) is 28.1 Å². The first-order valence-corrected chi connectivity index (χ1v) is 10.6. The summed E-state index contributed by atoms with van der Waals surface area (Å²) >= 11 is 8.85. The van der Waals surface area contributed by atoms with Gasteiger partial charge in [0.1, 0.15) is 0 Å². The first kappa shape index (κ1) is 20.0. The minimum Gasteiger partial charge on any atom is -0.376 e. The molecule has 3 aromatic rings. The fourth-order valence-electron chi connectivity index (χ4n) is 3.47. The highest BCUT2D eigenvalue weighted by Gasteiger charge is 2.17. The van der Waals surface area contributed by atoms with E-state index in [4.69, 9.17) is 17.0 Å². The molecule has 1 atom stereocenters. The molecule has 2 aromatic carbocycles. The summed E-state index contributed by atoms with van der Waals surface area (Å²) in [4.78, 5) is 28.5. The van der Waals surface area contributed by atoms with E-state index in [2.05, 4.69) is 26.2 Å². The number of halogens is 1. The summed E-state index contributed by atoms with van der Waals surface area (Å²) in [5.74, 6) is -0.194. The largest absolute Gasteiger partial charge is 0.376 e. The summed E-state index contributed by atoms with van der Waals surface area (Å²) in [5, 5.41) is 3.38. The molecule has 1 amide bonds. The number of ether oxygens (including phenoxy) is 1. The number of H-pyrrole nitrogens is 1. The number of nitrogens with one attached hydrogen (secondary N) is 2. The van der Waals surface area contributed by atoms with Crippen LogP contribution in [0.2, 0.25) is 0 Å². The molecule has 1 aromatic heterocycles. The quantitative estimate of drug-likeness (QED) is 0.552. The summed E-state index contributed by atoms with van der Waals surface area (Å²) in [5.41, 5.74) is 1.81. The zero-order valence-corrected chi connectivity index (χ0v) is 18.0. The molecule has 0 unspecified atom stereocenters. The van der Waals surface area contributed by atoms with Gasteiger partial charge in [-0.2, -0.15) is 0 Å². The van der Waals surface area contributed by atoms with Crippen molar-refractivity contribution in [3.8, 4) is 0 Å². The van der Waals surface area contributed by atoms with E-state index in [0.29, 0.717) is 34.3 Å². The smallest absolute Gasteiger partial charge is 0.262 e. The lowest BCUT2D eigenvalue weighted by atomic mass is 10.1. The molecule has 0 bridgehead atoms. The van der Waals surface area contributed by atoms with Crippen LogP contribution < -0.4 is 10.9 Å². The molecule has 1 aliphatic heterocycles. The van der Waals surface area contributed by atoms with Gasteiger partial charge in [0, 0.05) is 23.2 Å². The summed E-state index contributed by atoms with van der Waals surface area (Å²) in [6, 6.07) is 12.7. The van der Waals surface area contributed by atoms with E-state index in [1.807, 2.05) is 24.3 Å². The number of carbonyl (C=O) groups is 1. The van der Waals surface area contributed by atoms with Gasteiger partial charge in [-0.3, -0.25) is 14.2 Å². The van der Waals surface area contributed by atoms with E-state index in [9.17, 15) is 9.59 Å². The highest BCUT2D eigenvalue weighted by Crippen LogP contribution is 2.15. The van der Waals surface area contributed by atoms with E-state index in [0.717, 1.165) is 29.5 Å². The van der Waals surface area contributed by atoms with E-state index < -0.39 is 0 Å². The Balaban J connectivity index is 1.60. The van der Waals surface area contributed by atoms with E-state index >= 15 is 0 Å². The van der Waals surface area contributed by atoms with E-state index in [1.165, 1.54) is 4.57 Å². The van der Waals surface area contributed by atoms with Gasteiger partial charge >= 0.3 is 0 Å². The fourth-order valence-corrected chi connectivity index (χ4v) is 4.18. The third-order valence-electron chi connectivity index (χ3n) is 4.99. The van der Waals surface area contributed by atoms with Crippen molar-refractivity contribution in [1.82, 2.24) is 14.9 Å².